The number of aryl methyl sites for hydroxylation is 1. The molecule has 0 radical (unpaired) electrons. The van der Waals surface area contributed by atoms with Gasteiger partial charge in [-0.2, -0.15) is 4.98 Å². The van der Waals surface area contributed by atoms with Crippen LogP contribution in [0.15, 0.2) is 84.3 Å². The fourth-order valence-corrected chi connectivity index (χ4v) is 11.8. The van der Waals surface area contributed by atoms with E-state index in [4.69, 9.17) is 9.97 Å². The lowest BCUT2D eigenvalue weighted by Gasteiger charge is -2.44. The molecule has 4 aliphatic heterocycles. The number of amides is 2. The SMILES string of the molecule is C=CCn1c(=O)c2cnc(Nc3ccc(N4CCC(N5CCC(CN(CCO)C6CCN(c7ccc(C8CCC(=O)NC8=O)cc7)CC6)CC5)CC4)cc3)nc2n1-c1ccc2c(n1)[C@@](O)(CC)CC2. The van der Waals surface area contributed by atoms with Crippen LogP contribution in [0.1, 0.15) is 93.9 Å². The van der Waals surface area contributed by atoms with E-state index >= 15 is 0 Å². The highest BCUT2D eigenvalue weighted by Crippen LogP contribution is 2.39. The van der Waals surface area contributed by atoms with Crippen LogP contribution in [0.5, 0.6) is 0 Å². The summed E-state index contributed by atoms with van der Waals surface area (Å²) in [5, 5.41) is 27.6. The number of aromatic nitrogens is 5. The van der Waals surface area contributed by atoms with E-state index < -0.39 is 5.60 Å². The van der Waals surface area contributed by atoms with Crippen molar-refractivity contribution in [2.75, 3.05) is 74.1 Å². The van der Waals surface area contributed by atoms with Crippen molar-refractivity contribution < 1.29 is 19.8 Å². The average molecular weight is 938 g/mol. The van der Waals surface area contributed by atoms with Gasteiger partial charge in [0.2, 0.25) is 17.8 Å². The standard InChI is InChI=1S/C53H67N11O5/c1-3-25-63-51(68)45-34-54-52(58-49(45)64(63)46-15-7-38-17-24-53(69,4-2)48(38)56-46)55-39-8-12-41(13-9-39)61-28-20-42(21-29-61)59-26-18-36(19-27-59)35-62(32-33-65)43-22-30-60(31-23-43)40-10-5-37(6-11-40)44-14-16-47(66)57-50(44)67/h3,5-13,15,34,36,42-44,65,69H,1,4,14,16-33,35H2,2H3,(H,54,55,58)(H,57,66,67)/t44?,53-/m1/s1. The van der Waals surface area contributed by atoms with Gasteiger partial charge in [0.05, 0.1) is 24.8 Å². The summed E-state index contributed by atoms with van der Waals surface area (Å²) in [6.45, 7) is 14.3. The second-order valence-corrected chi connectivity index (χ2v) is 19.9. The van der Waals surface area contributed by atoms with Crippen LogP contribution in [-0.2, 0) is 28.2 Å². The molecule has 3 aromatic heterocycles. The van der Waals surface area contributed by atoms with Crippen molar-refractivity contribution in [3.63, 3.8) is 0 Å². The molecule has 2 amide bonds. The molecule has 69 heavy (non-hydrogen) atoms. The van der Waals surface area contributed by atoms with Crippen molar-refractivity contribution in [1.82, 2.24) is 39.4 Å². The smallest absolute Gasteiger partial charge is 0.278 e. The third-order valence-electron chi connectivity index (χ3n) is 15.9. The third kappa shape index (κ3) is 9.68. The maximum absolute atomic E-state index is 13.6. The van der Waals surface area contributed by atoms with Crippen LogP contribution in [0.3, 0.4) is 0 Å². The molecule has 4 fully saturated rings. The summed E-state index contributed by atoms with van der Waals surface area (Å²) in [6, 6.07) is 21.7. The first-order valence-electron chi connectivity index (χ1n) is 25.3. The zero-order chi connectivity index (χ0) is 47.6. The minimum absolute atomic E-state index is 0.181. The van der Waals surface area contributed by atoms with E-state index in [1.54, 1.807) is 21.6 Å². The van der Waals surface area contributed by atoms with Crippen LogP contribution >= 0.6 is 0 Å². The molecule has 16 nitrogen and oxygen atoms in total. The van der Waals surface area contributed by atoms with Crippen LogP contribution in [0.4, 0.5) is 23.0 Å². The molecule has 2 atom stereocenters. The fourth-order valence-electron chi connectivity index (χ4n) is 11.8. The highest BCUT2D eigenvalue weighted by molar-refractivity contribution is 6.01. The molecular weight excluding hydrogens is 871 g/mol. The van der Waals surface area contributed by atoms with Crippen LogP contribution in [0, 0.1) is 5.92 Å². The van der Waals surface area contributed by atoms with Crippen molar-refractivity contribution in [1.29, 1.82) is 0 Å². The van der Waals surface area contributed by atoms with Gasteiger partial charge in [-0.25, -0.2) is 19.3 Å². The Kier molecular flexibility index (Phi) is 13.7. The van der Waals surface area contributed by atoms with E-state index in [0.717, 1.165) is 101 Å². The molecule has 0 saturated carbocycles. The number of carbonyl (C=O) groups excluding carboxylic acids is 2. The predicted molar refractivity (Wildman–Crippen MR) is 268 cm³/mol. The average Bonchev–Trinajstić information content (AvgIpc) is 3.86. The lowest BCUT2D eigenvalue weighted by Crippen LogP contribution is -2.50. The number of hydrogen-bond acceptors (Lipinski definition) is 13. The number of fused-ring (bicyclic) bond motifs is 2. The van der Waals surface area contributed by atoms with Gasteiger partial charge in [0.15, 0.2) is 11.5 Å². The molecule has 364 valence electrons. The first-order chi connectivity index (χ1) is 33.6. The summed E-state index contributed by atoms with van der Waals surface area (Å²) in [5.74, 6) is 0.877. The molecule has 4 saturated heterocycles. The number of aliphatic hydroxyl groups excluding tert-OH is 1. The van der Waals surface area contributed by atoms with E-state index in [2.05, 4.69) is 78.2 Å². The number of nitrogens with zero attached hydrogens (tertiary/aromatic N) is 9. The van der Waals surface area contributed by atoms with Gasteiger partial charge in [-0.1, -0.05) is 31.2 Å². The van der Waals surface area contributed by atoms with E-state index in [-0.39, 0.29) is 36.4 Å². The molecule has 5 aliphatic rings. The number of benzene rings is 2. The van der Waals surface area contributed by atoms with E-state index in [0.29, 0.717) is 72.2 Å². The van der Waals surface area contributed by atoms with Crippen molar-refractivity contribution in [2.24, 2.45) is 5.92 Å². The Morgan fingerprint density at radius 1 is 0.855 bits per heavy atom. The molecule has 1 aliphatic carbocycles. The van der Waals surface area contributed by atoms with Crippen molar-refractivity contribution in [3.05, 3.63) is 107 Å². The Bertz CT molecular complexity index is 2700. The minimum atomic E-state index is -0.992. The molecule has 2 aromatic carbocycles. The maximum Gasteiger partial charge on any atom is 0.278 e. The van der Waals surface area contributed by atoms with Gasteiger partial charge in [0.1, 0.15) is 11.0 Å². The van der Waals surface area contributed by atoms with Crippen LogP contribution in [-0.4, -0.2) is 127 Å². The Balaban J connectivity index is 0.698. The quantitative estimate of drug-likeness (QED) is 0.0753. The Labute approximate surface area is 404 Å². The minimum Gasteiger partial charge on any atom is -0.395 e. The lowest BCUT2D eigenvalue weighted by atomic mass is 9.90. The van der Waals surface area contributed by atoms with Crippen molar-refractivity contribution in [2.45, 2.75) is 108 Å². The van der Waals surface area contributed by atoms with Gasteiger partial charge in [0, 0.05) is 81.0 Å². The molecule has 0 bridgehead atoms. The summed E-state index contributed by atoms with van der Waals surface area (Å²) in [7, 11) is 0. The first kappa shape index (κ1) is 46.8. The maximum atomic E-state index is 13.6. The van der Waals surface area contributed by atoms with Gasteiger partial charge < -0.3 is 30.2 Å². The highest BCUT2D eigenvalue weighted by atomic mass is 16.3. The first-order valence-corrected chi connectivity index (χ1v) is 25.3. The van der Waals surface area contributed by atoms with E-state index in [9.17, 15) is 24.6 Å². The second kappa shape index (κ2) is 20.2. The molecule has 0 spiro atoms. The number of pyridine rings is 1. The number of hydrogen-bond donors (Lipinski definition) is 4. The number of aliphatic hydroxyl groups is 2. The van der Waals surface area contributed by atoms with Crippen molar-refractivity contribution >= 4 is 45.9 Å². The molecule has 7 heterocycles. The highest BCUT2D eigenvalue weighted by Gasteiger charge is 2.38. The molecule has 1 unspecified atom stereocenters. The lowest BCUT2D eigenvalue weighted by molar-refractivity contribution is -0.134. The van der Waals surface area contributed by atoms with Gasteiger partial charge in [-0.05, 0) is 137 Å². The number of allylic oxidation sites excluding steroid dienone is 1. The normalized spacial score (nSPS) is 22.1. The van der Waals surface area contributed by atoms with Crippen LogP contribution in [0.25, 0.3) is 16.9 Å². The third-order valence-corrected chi connectivity index (χ3v) is 15.9. The van der Waals surface area contributed by atoms with Gasteiger partial charge in [-0.15, -0.1) is 6.58 Å². The number of nitrogens with one attached hydrogen (secondary N) is 2. The van der Waals surface area contributed by atoms with Crippen LogP contribution in [0.2, 0.25) is 0 Å². The zero-order valence-electron chi connectivity index (χ0n) is 39.9. The monoisotopic (exact) mass is 938 g/mol. The number of likely N-dealkylation sites (tertiary alicyclic amines) is 1. The van der Waals surface area contributed by atoms with Gasteiger partial charge >= 0.3 is 0 Å². The Morgan fingerprint density at radius 3 is 2.22 bits per heavy atom. The number of carbonyl (C=O) groups is 2. The van der Waals surface area contributed by atoms with Gasteiger partial charge in [-0.3, -0.25) is 24.6 Å². The largest absolute Gasteiger partial charge is 0.395 e. The fraction of sp³-hybridized carbons (Fsp3) is 0.509. The summed E-state index contributed by atoms with van der Waals surface area (Å²) in [6.07, 6.45) is 12.9. The summed E-state index contributed by atoms with van der Waals surface area (Å²) >= 11 is 0. The van der Waals surface area contributed by atoms with E-state index in [1.165, 1.54) is 24.2 Å². The Morgan fingerprint density at radius 2 is 1.55 bits per heavy atom. The summed E-state index contributed by atoms with van der Waals surface area (Å²) < 4.78 is 3.27. The topological polar surface area (TPSA) is 177 Å². The number of anilines is 4. The predicted octanol–water partition coefficient (Wildman–Crippen LogP) is 5.61. The number of rotatable bonds is 15. The Hall–Kier alpha value is -5.94. The van der Waals surface area contributed by atoms with Crippen LogP contribution < -0.4 is 26.0 Å². The molecule has 4 N–H and O–H groups in total. The molecule has 10 rings (SSSR count). The number of piperidine rings is 4. The van der Waals surface area contributed by atoms with E-state index in [1.807, 2.05) is 31.2 Å². The molecule has 5 aromatic rings. The summed E-state index contributed by atoms with van der Waals surface area (Å²) in [5.41, 5.74) is 5.07. The second-order valence-electron chi connectivity index (χ2n) is 19.9. The zero-order valence-corrected chi connectivity index (χ0v) is 39.9. The molecule has 16 heteroatoms. The van der Waals surface area contributed by atoms with Crippen molar-refractivity contribution in [3.8, 4) is 5.82 Å². The number of imide groups is 1. The summed E-state index contributed by atoms with van der Waals surface area (Å²) in [4.78, 5) is 62.1. The van der Waals surface area contributed by atoms with Gasteiger partial charge in [0.25, 0.3) is 5.56 Å². The molecular formula is C53H67N11O5.